The molecule has 0 radical (unpaired) electrons. The zero-order valence-electron chi connectivity index (χ0n) is 13.5. The predicted octanol–water partition coefficient (Wildman–Crippen LogP) is 3.09. The third-order valence-electron chi connectivity index (χ3n) is 4.43. The quantitative estimate of drug-likeness (QED) is 0.921. The van der Waals surface area contributed by atoms with E-state index in [9.17, 15) is 18.0 Å². The molecule has 0 aliphatic carbocycles. The summed E-state index contributed by atoms with van der Waals surface area (Å²) in [6.07, 6.45) is -2.19. The fourth-order valence-electron chi connectivity index (χ4n) is 3.02. The zero-order valence-corrected chi connectivity index (χ0v) is 13.5. The summed E-state index contributed by atoms with van der Waals surface area (Å²) in [4.78, 5) is 14.3. The molecule has 1 aliphatic rings. The summed E-state index contributed by atoms with van der Waals surface area (Å²) in [5, 5.41) is 3.21. The number of nitrogens with zero attached hydrogens (tertiary/aromatic N) is 1. The summed E-state index contributed by atoms with van der Waals surface area (Å²) in [5.41, 5.74) is -0.115. The molecule has 1 aromatic rings. The van der Waals surface area contributed by atoms with Crippen molar-refractivity contribution in [2.75, 3.05) is 20.1 Å². The summed E-state index contributed by atoms with van der Waals surface area (Å²) < 4.78 is 38.2. The van der Waals surface area contributed by atoms with Gasteiger partial charge in [0, 0.05) is 25.0 Å². The number of benzene rings is 1. The van der Waals surface area contributed by atoms with Crippen molar-refractivity contribution in [1.29, 1.82) is 0 Å². The van der Waals surface area contributed by atoms with Crippen LogP contribution in [0.15, 0.2) is 24.3 Å². The second-order valence-corrected chi connectivity index (χ2v) is 6.19. The topological polar surface area (TPSA) is 32.3 Å². The zero-order chi connectivity index (χ0) is 17.0. The lowest BCUT2D eigenvalue weighted by Gasteiger charge is -2.33. The van der Waals surface area contributed by atoms with E-state index in [-0.39, 0.29) is 11.8 Å². The summed E-state index contributed by atoms with van der Waals surface area (Å²) in [6.45, 7) is 3.20. The number of halogens is 3. The Bertz CT molecular complexity index is 537. The lowest BCUT2D eigenvalue weighted by molar-refractivity contribution is -0.137. The number of hydrogen-bond acceptors (Lipinski definition) is 2. The monoisotopic (exact) mass is 328 g/mol. The van der Waals surface area contributed by atoms with E-state index in [0.29, 0.717) is 31.1 Å². The van der Waals surface area contributed by atoms with Crippen molar-refractivity contribution in [1.82, 2.24) is 10.2 Å². The van der Waals surface area contributed by atoms with Crippen molar-refractivity contribution in [2.24, 2.45) is 5.92 Å². The summed E-state index contributed by atoms with van der Waals surface area (Å²) in [6, 6.07) is 5.67. The van der Waals surface area contributed by atoms with E-state index in [1.54, 1.807) is 13.0 Å². The van der Waals surface area contributed by atoms with Gasteiger partial charge >= 0.3 is 6.18 Å². The van der Waals surface area contributed by atoms with Crippen LogP contribution in [0.25, 0.3) is 0 Å². The first kappa shape index (κ1) is 17.8. The molecule has 0 aromatic heterocycles. The molecule has 1 heterocycles. The molecule has 2 rings (SSSR count). The molecule has 0 saturated carbocycles. The molecule has 1 atom stereocenters. The van der Waals surface area contributed by atoms with Crippen LogP contribution in [0.5, 0.6) is 0 Å². The standard InChI is InChI=1S/C17H23F3N2O/c1-12(16(23)22-8-6-15(21-2)7-9-22)10-13-4-3-5-14(11-13)17(18,19)20/h3-5,11-12,15,21H,6-10H2,1-2H3. The van der Waals surface area contributed by atoms with E-state index < -0.39 is 11.7 Å². The molecule has 1 aliphatic heterocycles. The van der Waals surface area contributed by atoms with Gasteiger partial charge in [-0.05, 0) is 37.9 Å². The second kappa shape index (κ2) is 7.34. The van der Waals surface area contributed by atoms with Gasteiger partial charge in [0.1, 0.15) is 0 Å². The molecule has 0 bridgehead atoms. The van der Waals surface area contributed by atoms with Gasteiger partial charge in [-0.15, -0.1) is 0 Å². The molecule has 3 nitrogen and oxygen atoms in total. The number of alkyl halides is 3. The minimum absolute atomic E-state index is 0.0250. The summed E-state index contributed by atoms with van der Waals surface area (Å²) in [7, 11) is 1.92. The summed E-state index contributed by atoms with van der Waals surface area (Å²) >= 11 is 0. The number of piperidine rings is 1. The van der Waals surface area contributed by atoms with Crippen molar-refractivity contribution < 1.29 is 18.0 Å². The van der Waals surface area contributed by atoms with E-state index in [1.165, 1.54) is 6.07 Å². The van der Waals surface area contributed by atoms with Crippen LogP contribution in [-0.2, 0) is 17.4 Å². The average molecular weight is 328 g/mol. The van der Waals surface area contributed by atoms with E-state index in [0.717, 1.165) is 25.0 Å². The minimum Gasteiger partial charge on any atom is -0.342 e. The van der Waals surface area contributed by atoms with Crippen molar-refractivity contribution in [3.63, 3.8) is 0 Å². The molecule has 1 aromatic carbocycles. The van der Waals surface area contributed by atoms with Gasteiger partial charge in [-0.3, -0.25) is 4.79 Å². The van der Waals surface area contributed by atoms with Gasteiger partial charge < -0.3 is 10.2 Å². The van der Waals surface area contributed by atoms with E-state index in [4.69, 9.17) is 0 Å². The fraction of sp³-hybridized carbons (Fsp3) is 0.588. The molecular formula is C17H23F3N2O. The Morgan fingerprint density at radius 2 is 2.00 bits per heavy atom. The average Bonchev–Trinajstić information content (AvgIpc) is 2.53. The van der Waals surface area contributed by atoms with Crippen molar-refractivity contribution in [3.05, 3.63) is 35.4 Å². The molecule has 1 amide bonds. The number of carbonyl (C=O) groups excluding carboxylic acids is 1. The SMILES string of the molecule is CNC1CCN(C(=O)C(C)Cc2cccc(C(F)(F)F)c2)CC1. The van der Waals surface area contributed by atoms with Crippen LogP contribution < -0.4 is 5.32 Å². The number of nitrogens with one attached hydrogen (secondary N) is 1. The molecule has 1 unspecified atom stereocenters. The lowest BCUT2D eigenvalue weighted by Crippen LogP contribution is -2.45. The maximum Gasteiger partial charge on any atom is 0.416 e. The second-order valence-electron chi connectivity index (χ2n) is 6.19. The Morgan fingerprint density at radius 1 is 1.35 bits per heavy atom. The maximum absolute atomic E-state index is 12.7. The highest BCUT2D eigenvalue weighted by Gasteiger charge is 2.31. The van der Waals surface area contributed by atoms with Crippen molar-refractivity contribution in [3.8, 4) is 0 Å². The van der Waals surface area contributed by atoms with Gasteiger partial charge in [0.25, 0.3) is 0 Å². The number of amides is 1. The van der Waals surface area contributed by atoms with Gasteiger partial charge in [-0.25, -0.2) is 0 Å². The number of carbonyl (C=O) groups is 1. The Kier molecular flexibility index (Phi) is 5.68. The Hall–Kier alpha value is -1.56. The van der Waals surface area contributed by atoms with Crippen LogP contribution in [0, 0.1) is 5.92 Å². The van der Waals surface area contributed by atoms with E-state index >= 15 is 0 Å². The third kappa shape index (κ3) is 4.70. The van der Waals surface area contributed by atoms with Gasteiger partial charge in [-0.2, -0.15) is 13.2 Å². The normalized spacial score (nSPS) is 18.0. The lowest BCUT2D eigenvalue weighted by atomic mass is 9.96. The number of rotatable bonds is 4. The Balaban J connectivity index is 1.96. The van der Waals surface area contributed by atoms with Gasteiger partial charge in [0.05, 0.1) is 5.56 Å². The van der Waals surface area contributed by atoms with Crippen molar-refractivity contribution >= 4 is 5.91 Å². The van der Waals surface area contributed by atoms with E-state index in [2.05, 4.69) is 5.32 Å². The molecule has 0 spiro atoms. The maximum atomic E-state index is 12.7. The van der Waals surface area contributed by atoms with Gasteiger partial charge in [0.2, 0.25) is 5.91 Å². The van der Waals surface area contributed by atoms with Gasteiger partial charge in [-0.1, -0.05) is 25.1 Å². The first-order chi connectivity index (χ1) is 10.8. The predicted molar refractivity (Wildman–Crippen MR) is 83.0 cm³/mol. The van der Waals surface area contributed by atoms with Crippen LogP contribution in [0.4, 0.5) is 13.2 Å². The van der Waals surface area contributed by atoms with Crippen LogP contribution in [0.3, 0.4) is 0 Å². The highest BCUT2D eigenvalue weighted by atomic mass is 19.4. The van der Waals surface area contributed by atoms with Crippen molar-refractivity contribution in [2.45, 2.75) is 38.4 Å². The molecule has 1 N–H and O–H groups in total. The number of likely N-dealkylation sites (tertiary alicyclic amines) is 1. The van der Waals surface area contributed by atoms with Crippen LogP contribution >= 0.6 is 0 Å². The molecule has 23 heavy (non-hydrogen) atoms. The van der Waals surface area contributed by atoms with Gasteiger partial charge in [0.15, 0.2) is 0 Å². The van der Waals surface area contributed by atoms with Crippen LogP contribution in [-0.4, -0.2) is 37.0 Å². The Morgan fingerprint density at radius 3 is 2.57 bits per heavy atom. The highest BCUT2D eigenvalue weighted by molar-refractivity contribution is 5.78. The molecular weight excluding hydrogens is 305 g/mol. The minimum atomic E-state index is -4.35. The first-order valence-corrected chi connectivity index (χ1v) is 7.93. The highest BCUT2D eigenvalue weighted by Crippen LogP contribution is 2.30. The van der Waals surface area contributed by atoms with Crippen LogP contribution in [0.2, 0.25) is 0 Å². The molecule has 128 valence electrons. The summed E-state index contributed by atoms with van der Waals surface area (Å²) in [5.74, 6) is -0.290. The fourth-order valence-corrected chi connectivity index (χ4v) is 3.02. The molecule has 6 heteroatoms. The first-order valence-electron chi connectivity index (χ1n) is 7.93. The number of hydrogen-bond donors (Lipinski definition) is 1. The third-order valence-corrected chi connectivity index (χ3v) is 4.43. The van der Waals surface area contributed by atoms with Crippen LogP contribution in [0.1, 0.15) is 30.9 Å². The largest absolute Gasteiger partial charge is 0.416 e. The Labute approximate surface area is 134 Å². The molecule has 1 saturated heterocycles. The smallest absolute Gasteiger partial charge is 0.342 e. The van der Waals surface area contributed by atoms with E-state index in [1.807, 2.05) is 11.9 Å². The molecule has 1 fully saturated rings.